The highest BCUT2D eigenvalue weighted by Crippen LogP contribution is 2.38. The van der Waals surface area contributed by atoms with Gasteiger partial charge in [-0.25, -0.2) is 0 Å². The summed E-state index contributed by atoms with van der Waals surface area (Å²) in [6, 6.07) is 19.4. The lowest BCUT2D eigenvalue weighted by Crippen LogP contribution is -1.98. The fourth-order valence-corrected chi connectivity index (χ4v) is 8.50. The summed E-state index contributed by atoms with van der Waals surface area (Å²) in [5, 5.41) is 8.41. The highest BCUT2D eigenvalue weighted by Gasteiger charge is 2.12. The molecule has 2 unspecified atom stereocenters. The number of thiophene rings is 2. The van der Waals surface area contributed by atoms with Crippen LogP contribution in [0.1, 0.15) is 103 Å². The molecule has 2 aromatic heterocycles. The Kier molecular flexibility index (Phi) is 9.90. The van der Waals surface area contributed by atoms with Crippen LogP contribution >= 0.6 is 22.7 Å². The number of fused-ring (bicyclic) bond motifs is 5. The molecule has 0 aliphatic heterocycles. The summed E-state index contributed by atoms with van der Waals surface area (Å²) in [7, 11) is 0. The molecule has 2 heteroatoms. The smallest absolute Gasteiger partial charge is 0.0352 e. The second-order valence-electron chi connectivity index (χ2n) is 13.7. The molecule has 0 aliphatic rings. The van der Waals surface area contributed by atoms with Crippen LogP contribution in [0.5, 0.6) is 0 Å². The van der Waals surface area contributed by atoms with Crippen molar-refractivity contribution in [3.05, 3.63) is 58.3 Å². The van der Waals surface area contributed by atoms with E-state index in [0.29, 0.717) is 0 Å². The molecule has 0 radical (unpaired) electrons. The number of hydrogen-bond donors (Lipinski definition) is 0. The lowest BCUT2D eigenvalue weighted by molar-refractivity contribution is 0.437. The largest absolute Gasteiger partial charge is 0.140 e. The van der Waals surface area contributed by atoms with E-state index in [-0.39, 0.29) is 0 Å². The van der Waals surface area contributed by atoms with E-state index in [4.69, 9.17) is 0 Å². The van der Waals surface area contributed by atoms with Gasteiger partial charge in [0.1, 0.15) is 0 Å². The quantitative estimate of drug-likeness (QED) is 0.116. The van der Waals surface area contributed by atoms with E-state index in [1.54, 1.807) is 9.75 Å². The molecule has 0 saturated heterocycles. The summed E-state index contributed by atoms with van der Waals surface area (Å²) in [6.45, 7) is 14.2. The Morgan fingerprint density at radius 2 is 0.900 bits per heavy atom. The van der Waals surface area contributed by atoms with E-state index >= 15 is 0 Å². The van der Waals surface area contributed by atoms with Crippen LogP contribution in [0.4, 0.5) is 0 Å². The van der Waals surface area contributed by atoms with Crippen LogP contribution in [0.15, 0.2) is 48.5 Å². The first-order valence-electron chi connectivity index (χ1n) is 16.1. The first kappa shape index (κ1) is 29.6. The second-order valence-corrected chi connectivity index (χ2v) is 16.0. The Hall–Kier alpha value is -1.90. The molecule has 0 nitrogen and oxygen atoms in total. The van der Waals surface area contributed by atoms with Crippen molar-refractivity contribution in [2.45, 2.75) is 106 Å². The van der Waals surface area contributed by atoms with Crippen LogP contribution in [0, 0.1) is 23.7 Å². The molecular formula is C38H50S2. The third-order valence-corrected chi connectivity index (χ3v) is 11.3. The maximum absolute atomic E-state index is 2.48. The Morgan fingerprint density at radius 1 is 0.475 bits per heavy atom. The van der Waals surface area contributed by atoms with Gasteiger partial charge in [0, 0.05) is 19.2 Å². The first-order chi connectivity index (χ1) is 19.2. The van der Waals surface area contributed by atoms with Gasteiger partial charge < -0.3 is 0 Å². The molecule has 0 spiro atoms. The van der Waals surface area contributed by atoms with Crippen LogP contribution in [-0.2, 0) is 12.8 Å². The highest BCUT2D eigenvalue weighted by molar-refractivity contribution is 7.19. The Bertz CT molecular complexity index is 1430. The molecule has 214 valence electrons. The van der Waals surface area contributed by atoms with Crippen molar-refractivity contribution >= 4 is 64.4 Å². The van der Waals surface area contributed by atoms with E-state index in [2.05, 4.69) is 90.1 Å². The van der Waals surface area contributed by atoms with Gasteiger partial charge in [0.05, 0.1) is 0 Å². The van der Waals surface area contributed by atoms with E-state index in [9.17, 15) is 0 Å². The van der Waals surface area contributed by atoms with Crippen molar-refractivity contribution in [3.63, 3.8) is 0 Å². The van der Waals surface area contributed by atoms with Crippen molar-refractivity contribution in [1.82, 2.24) is 0 Å². The summed E-state index contributed by atoms with van der Waals surface area (Å²) in [5.41, 5.74) is 0. The molecule has 3 aromatic carbocycles. The van der Waals surface area contributed by atoms with Gasteiger partial charge in [0.25, 0.3) is 0 Å². The zero-order valence-corrected chi connectivity index (χ0v) is 27.4. The summed E-state index contributed by atoms with van der Waals surface area (Å²) in [6.07, 6.45) is 13.3. The van der Waals surface area contributed by atoms with Crippen LogP contribution in [0.2, 0.25) is 0 Å². The number of rotatable bonds is 14. The lowest BCUT2D eigenvalue weighted by Gasteiger charge is -2.11. The topological polar surface area (TPSA) is 0 Å². The van der Waals surface area contributed by atoms with E-state index < -0.39 is 0 Å². The van der Waals surface area contributed by atoms with Gasteiger partial charge in [0.2, 0.25) is 0 Å². The third kappa shape index (κ3) is 7.48. The third-order valence-electron chi connectivity index (χ3n) is 8.94. The second kappa shape index (κ2) is 13.4. The molecule has 5 rings (SSSR count). The summed E-state index contributed by atoms with van der Waals surface area (Å²) in [5.74, 6) is 3.29. The van der Waals surface area contributed by atoms with Gasteiger partial charge in [-0.05, 0) is 118 Å². The maximum Gasteiger partial charge on any atom is 0.0352 e. The van der Waals surface area contributed by atoms with Gasteiger partial charge in [-0.15, -0.1) is 22.7 Å². The van der Waals surface area contributed by atoms with E-state index in [1.165, 1.54) is 106 Å². The van der Waals surface area contributed by atoms with Crippen LogP contribution in [0.25, 0.3) is 41.7 Å². The Balaban J connectivity index is 1.31. The van der Waals surface area contributed by atoms with Crippen LogP contribution in [-0.4, -0.2) is 0 Å². The van der Waals surface area contributed by atoms with Gasteiger partial charge in [-0.3, -0.25) is 0 Å². The SMILES string of the molecule is CC(C)CCCC(C)CCc1cc2cc3ccc4cc5cc(CCC(C)CCCC(C)C)sc5cc4c3cc2s1. The minimum Gasteiger partial charge on any atom is -0.140 e. The minimum absolute atomic E-state index is 0.818. The molecule has 0 amide bonds. The van der Waals surface area contributed by atoms with Gasteiger partial charge in [-0.1, -0.05) is 92.2 Å². The predicted molar refractivity (Wildman–Crippen MR) is 185 cm³/mol. The lowest BCUT2D eigenvalue weighted by atomic mass is 9.95. The zero-order valence-electron chi connectivity index (χ0n) is 25.8. The Labute approximate surface area is 251 Å². The molecule has 0 N–H and O–H groups in total. The first-order valence-corrected chi connectivity index (χ1v) is 17.7. The maximum atomic E-state index is 2.48. The number of hydrogen-bond acceptors (Lipinski definition) is 2. The van der Waals surface area contributed by atoms with Crippen molar-refractivity contribution in [2.75, 3.05) is 0 Å². The average molecular weight is 571 g/mol. The van der Waals surface area contributed by atoms with E-state index in [0.717, 1.165) is 23.7 Å². The van der Waals surface area contributed by atoms with Gasteiger partial charge in [0.15, 0.2) is 0 Å². The molecule has 0 fully saturated rings. The molecular weight excluding hydrogens is 521 g/mol. The fraction of sp³-hybridized carbons (Fsp3) is 0.526. The summed E-state index contributed by atoms with van der Waals surface area (Å²) >= 11 is 4.04. The Morgan fingerprint density at radius 3 is 1.30 bits per heavy atom. The van der Waals surface area contributed by atoms with Gasteiger partial charge >= 0.3 is 0 Å². The van der Waals surface area contributed by atoms with E-state index in [1.807, 2.05) is 22.7 Å². The molecule has 0 saturated carbocycles. The fourth-order valence-electron chi connectivity index (χ4n) is 6.30. The number of benzene rings is 3. The number of aryl methyl sites for hydroxylation is 2. The molecule has 0 aliphatic carbocycles. The normalized spacial score (nSPS) is 14.0. The van der Waals surface area contributed by atoms with Crippen molar-refractivity contribution in [2.24, 2.45) is 23.7 Å². The summed E-state index contributed by atoms with van der Waals surface area (Å²) < 4.78 is 2.89. The molecule has 2 atom stereocenters. The standard InChI is InChI=1S/C38H50S2/c1-25(2)9-7-11-27(5)13-17-33-21-31-19-29-15-16-30-20-32-22-34(18-14-28(6)12-8-10-26(3)4)40-38(32)24-36(30)35(29)23-37(31)39-33/h15-16,19-28H,7-14,17-18H2,1-6H3. The highest BCUT2D eigenvalue weighted by atomic mass is 32.1. The monoisotopic (exact) mass is 570 g/mol. The molecule has 40 heavy (non-hydrogen) atoms. The van der Waals surface area contributed by atoms with Crippen molar-refractivity contribution in [3.8, 4) is 0 Å². The summed E-state index contributed by atoms with van der Waals surface area (Å²) in [4.78, 5) is 3.10. The van der Waals surface area contributed by atoms with Crippen molar-refractivity contribution < 1.29 is 0 Å². The van der Waals surface area contributed by atoms with Crippen molar-refractivity contribution in [1.29, 1.82) is 0 Å². The predicted octanol–water partition coefficient (Wildman–Crippen LogP) is 13.2. The molecule has 2 heterocycles. The van der Waals surface area contributed by atoms with Crippen LogP contribution in [0.3, 0.4) is 0 Å². The van der Waals surface area contributed by atoms with Gasteiger partial charge in [-0.2, -0.15) is 0 Å². The molecule has 5 aromatic rings. The minimum atomic E-state index is 0.818. The zero-order chi connectivity index (χ0) is 28.2. The molecule has 0 bridgehead atoms. The van der Waals surface area contributed by atoms with Crippen LogP contribution < -0.4 is 0 Å². The average Bonchev–Trinajstić information content (AvgIpc) is 3.50.